The number of anilines is 2. The van der Waals surface area contributed by atoms with Crippen molar-refractivity contribution in [3.8, 4) is 0 Å². The molecule has 0 spiro atoms. The number of rotatable bonds is 5. The zero-order valence-electron chi connectivity index (χ0n) is 13.9. The lowest BCUT2D eigenvalue weighted by Crippen LogP contribution is -2.41. The zero-order valence-corrected chi connectivity index (χ0v) is 13.9. The fourth-order valence-corrected chi connectivity index (χ4v) is 2.43. The van der Waals surface area contributed by atoms with Gasteiger partial charge >= 0.3 is 0 Å². The monoisotopic (exact) mass is 344 g/mol. The summed E-state index contributed by atoms with van der Waals surface area (Å²) in [4.78, 5) is 30.6. The Hall–Kier alpha value is -2.87. The standard InChI is InChI=1S/C17H20N4O4/c1-12(19-17(23)13-4-7-25-11-13)16(22)20-14-2-3-15(18-10-14)21-5-8-24-9-6-21/h2-4,7,10-12H,5-6,8-9H2,1H3,(H,19,23)(H,20,22)/t12-/m1/s1. The van der Waals surface area contributed by atoms with Gasteiger partial charge in [0, 0.05) is 13.1 Å². The molecule has 1 atom stereocenters. The zero-order chi connectivity index (χ0) is 17.6. The Labute approximate surface area is 145 Å². The van der Waals surface area contributed by atoms with Gasteiger partial charge in [0.1, 0.15) is 18.1 Å². The highest BCUT2D eigenvalue weighted by Crippen LogP contribution is 2.15. The fourth-order valence-electron chi connectivity index (χ4n) is 2.43. The second-order valence-electron chi connectivity index (χ2n) is 5.70. The summed E-state index contributed by atoms with van der Waals surface area (Å²) < 4.78 is 10.2. The van der Waals surface area contributed by atoms with Crippen LogP contribution in [-0.2, 0) is 9.53 Å². The number of ether oxygens (including phenoxy) is 1. The number of nitrogens with zero attached hydrogens (tertiary/aromatic N) is 2. The Morgan fingerprint density at radius 1 is 1.24 bits per heavy atom. The normalized spacial score (nSPS) is 15.5. The summed E-state index contributed by atoms with van der Waals surface area (Å²) in [7, 11) is 0. The average molecular weight is 344 g/mol. The van der Waals surface area contributed by atoms with Crippen LogP contribution in [0.4, 0.5) is 11.5 Å². The Kier molecular flexibility index (Phi) is 5.30. The molecule has 25 heavy (non-hydrogen) atoms. The van der Waals surface area contributed by atoms with E-state index in [1.54, 1.807) is 19.2 Å². The van der Waals surface area contributed by atoms with Gasteiger partial charge in [-0.15, -0.1) is 0 Å². The maximum Gasteiger partial charge on any atom is 0.255 e. The van der Waals surface area contributed by atoms with Crippen LogP contribution in [0.2, 0.25) is 0 Å². The van der Waals surface area contributed by atoms with Crippen molar-refractivity contribution in [1.29, 1.82) is 0 Å². The van der Waals surface area contributed by atoms with Gasteiger partial charge in [0.25, 0.3) is 5.91 Å². The average Bonchev–Trinajstić information content (AvgIpc) is 3.18. The molecule has 132 valence electrons. The molecule has 0 aromatic carbocycles. The molecule has 1 saturated heterocycles. The van der Waals surface area contributed by atoms with Crippen molar-refractivity contribution in [3.63, 3.8) is 0 Å². The van der Waals surface area contributed by atoms with Gasteiger partial charge < -0.3 is 24.7 Å². The predicted octanol–water partition coefficient (Wildman–Crippen LogP) is 1.27. The van der Waals surface area contributed by atoms with Crippen molar-refractivity contribution in [2.45, 2.75) is 13.0 Å². The molecule has 8 heteroatoms. The highest BCUT2D eigenvalue weighted by molar-refractivity contribution is 6.00. The smallest absolute Gasteiger partial charge is 0.255 e. The topological polar surface area (TPSA) is 96.7 Å². The molecule has 8 nitrogen and oxygen atoms in total. The van der Waals surface area contributed by atoms with Crippen LogP contribution in [0.25, 0.3) is 0 Å². The van der Waals surface area contributed by atoms with E-state index in [1.807, 2.05) is 6.07 Å². The molecule has 2 aromatic heterocycles. The van der Waals surface area contributed by atoms with E-state index < -0.39 is 6.04 Å². The first-order valence-electron chi connectivity index (χ1n) is 8.06. The maximum atomic E-state index is 12.2. The van der Waals surface area contributed by atoms with Gasteiger partial charge in [-0.3, -0.25) is 9.59 Å². The molecule has 0 bridgehead atoms. The van der Waals surface area contributed by atoms with Gasteiger partial charge in [0.15, 0.2) is 0 Å². The molecule has 0 radical (unpaired) electrons. The summed E-state index contributed by atoms with van der Waals surface area (Å²) in [5.74, 6) is 0.164. The van der Waals surface area contributed by atoms with Crippen LogP contribution in [0.5, 0.6) is 0 Å². The molecule has 0 unspecified atom stereocenters. The Bertz CT molecular complexity index is 709. The predicted molar refractivity (Wildman–Crippen MR) is 91.5 cm³/mol. The van der Waals surface area contributed by atoms with Gasteiger partial charge in [-0.05, 0) is 25.1 Å². The number of carbonyl (C=O) groups is 2. The molecular formula is C17H20N4O4. The number of aromatic nitrogens is 1. The summed E-state index contributed by atoms with van der Waals surface area (Å²) in [6, 6.07) is 4.49. The van der Waals surface area contributed by atoms with E-state index in [0.29, 0.717) is 24.5 Å². The third-order valence-corrected chi connectivity index (χ3v) is 3.87. The third kappa shape index (κ3) is 4.36. The Morgan fingerprint density at radius 2 is 2.04 bits per heavy atom. The van der Waals surface area contributed by atoms with Gasteiger partial charge in [0.05, 0.1) is 36.9 Å². The van der Waals surface area contributed by atoms with E-state index in [1.165, 1.54) is 18.6 Å². The molecular weight excluding hydrogens is 324 g/mol. The molecule has 2 aromatic rings. The largest absolute Gasteiger partial charge is 0.472 e. The van der Waals surface area contributed by atoms with Crippen molar-refractivity contribution in [1.82, 2.24) is 10.3 Å². The van der Waals surface area contributed by atoms with Gasteiger partial charge in [-0.1, -0.05) is 0 Å². The second kappa shape index (κ2) is 7.80. The molecule has 2 N–H and O–H groups in total. The molecule has 3 rings (SSSR count). The number of hydrogen-bond acceptors (Lipinski definition) is 6. The molecule has 3 heterocycles. The highest BCUT2D eigenvalue weighted by Gasteiger charge is 2.18. The quantitative estimate of drug-likeness (QED) is 0.848. The molecule has 1 aliphatic rings. The first kappa shape index (κ1) is 17.0. The van der Waals surface area contributed by atoms with Gasteiger partial charge in [0.2, 0.25) is 5.91 Å². The summed E-state index contributed by atoms with van der Waals surface area (Å²) in [5.41, 5.74) is 0.947. The number of hydrogen-bond donors (Lipinski definition) is 2. The SMILES string of the molecule is C[C@@H](NC(=O)c1ccoc1)C(=O)Nc1ccc(N2CCOCC2)nc1. The number of nitrogens with one attached hydrogen (secondary N) is 2. The number of amides is 2. The summed E-state index contributed by atoms with van der Waals surface area (Å²) in [6.07, 6.45) is 4.34. The molecule has 1 fully saturated rings. The summed E-state index contributed by atoms with van der Waals surface area (Å²) in [5, 5.41) is 5.35. The minimum absolute atomic E-state index is 0.322. The molecule has 1 aliphatic heterocycles. The van der Waals surface area contributed by atoms with Gasteiger partial charge in [-0.2, -0.15) is 0 Å². The minimum atomic E-state index is -0.693. The van der Waals surface area contributed by atoms with Crippen molar-refractivity contribution in [2.24, 2.45) is 0 Å². The van der Waals surface area contributed by atoms with Crippen molar-refractivity contribution < 1.29 is 18.7 Å². The van der Waals surface area contributed by atoms with Crippen LogP contribution in [-0.4, -0.2) is 49.1 Å². The van der Waals surface area contributed by atoms with E-state index in [2.05, 4.69) is 20.5 Å². The molecule has 2 amide bonds. The minimum Gasteiger partial charge on any atom is -0.472 e. The lowest BCUT2D eigenvalue weighted by molar-refractivity contribution is -0.117. The van der Waals surface area contributed by atoms with Crippen LogP contribution in [0.3, 0.4) is 0 Å². The van der Waals surface area contributed by atoms with E-state index in [0.717, 1.165) is 18.9 Å². The lowest BCUT2D eigenvalue weighted by atomic mass is 10.2. The summed E-state index contributed by atoms with van der Waals surface area (Å²) >= 11 is 0. The third-order valence-electron chi connectivity index (χ3n) is 3.87. The molecule has 0 aliphatic carbocycles. The number of morpholine rings is 1. The first-order valence-corrected chi connectivity index (χ1v) is 8.06. The highest BCUT2D eigenvalue weighted by atomic mass is 16.5. The molecule has 0 saturated carbocycles. The number of furan rings is 1. The van der Waals surface area contributed by atoms with Crippen LogP contribution < -0.4 is 15.5 Å². The Morgan fingerprint density at radius 3 is 2.68 bits per heavy atom. The lowest BCUT2D eigenvalue weighted by Gasteiger charge is -2.27. The van der Waals surface area contributed by atoms with E-state index in [4.69, 9.17) is 9.15 Å². The van der Waals surface area contributed by atoms with Crippen molar-refractivity contribution >= 4 is 23.3 Å². The first-order chi connectivity index (χ1) is 12.1. The van der Waals surface area contributed by atoms with E-state index >= 15 is 0 Å². The van der Waals surface area contributed by atoms with E-state index in [9.17, 15) is 9.59 Å². The van der Waals surface area contributed by atoms with Gasteiger partial charge in [-0.25, -0.2) is 4.98 Å². The maximum absolute atomic E-state index is 12.2. The van der Waals surface area contributed by atoms with Crippen molar-refractivity contribution in [2.75, 3.05) is 36.5 Å². The summed E-state index contributed by atoms with van der Waals surface area (Å²) in [6.45, 7) is 4.59. The van der Waals surface area contributed by atoms with Crippen LogP contribution in [0, 0.1) is 0 Å². The number of carbonyl (C=O) groups excluding carboxylic acids is 2. The fraction of sp³-hybridized carbons (Fsp3) is 0.353. The van der Waals surface area contributed by atoms with Crippen molar-refractivity contribution in [3.05, 3.63) is 42.5 Å². The Balaban J connectivity index is 1.54. The number of pyridine rings is 1. The second-order valence-corrected chi connectivity index (χ2v) is 5.70. The van der Waals surface area contributed by atoms with Crippen LogP contribution >= 0.6 is 0 Å². The van der Waals surface area contributed by atoms with Crippen LogP contribution in [0.1, 0.15) is 17.3 Å². The van der Waals surface area contributed by atoms with E-state index in [-0.39, 0.29) is 11.8 Å². The van der Waals surface area contributed by atoms with Crippen LogP contribution in [0.15, 0.2) is 41.3 Å².